The maximum atomic E-state index is 12.7. The molecule has 22 heavy (non-hydrogen) atoms. The summed E-state index contributed by atoms with van der Waals surface area (Å²) < 4.78 is 5.78. The average Bonchev–Trinajstić information content (AvgIpc) is 2.47. The molecular weight excluding hydrogens is 284 g/mol. The highest BCUT2D eigenvalue weighted by atomic mass is 16.5. The van der Waals surface area contributed by atoms with E-state index in [0.29, 0.717) is 23.6 Å². The van der Waals surface area contributed by atoms with Crippen molar-refractivity contribution in [3.8, 4) is 0 Å². The molecule has 4 N–H and O–H groups in total. The number of carbonyl (C=O) groups is 2. The van der Waals surface area contributed by atoms with Crippen LogP contribution in [0.2, 0.25) is 0 Å². The van der Waals surface area contributed by atoms with E-state index in [1.807, 2.05) is 12.2 Å². The fraction of sp³-hybridized carbons (Fsp3) is 0.500. The van der Waals surface area contributed by atoms with Crippen LogP contribution in [0.15, 0.2) is 34.9 Å². The monoisotopic (exact) mass is 304 g/mol. The number of rotatable bonds is 3. The summed E-state index contributed by atoms with van der Waals surface area (Å²) in [7, 11) is 0. The van der Waals surface area contributed by atoms with Gasteiger partial charge in [-0.05, 0) is 25.3 Å². The van der Waals surface area contributed by atoms with Crippen LogP contribution in [0, 0.1) is 11.8 Å². The number of carboxylic acid groups (broad SMARTS) is 1. The van der Waals surface area contributed by atoms with Gasteiger partial charge in [-0.15, -0.1) is 0 Å². The van der Waals surface area contributed by atoms with Gasteiger partial charge in [0.25, 0.3) is 0 Å². The number of nitrogens with two attached hydrogens (primary N) is 1. The number of ketones is 1. The highest BCUT2D eigenvalue weighted by Gasteiger charge is 2.43. The van der Waals surface area contributed by atoms with E-state index < -0.39 is 18.1 Å². The van der Waals surface area contributed by atoms with Crippen LogP contribution >= 0.6 is 0 Å². The lowest BCUT2D eigenvalue weighted by molar-refractivity contribution is -0.143. The summed E-state index contributed by atoms with van der Waals surface area (Å²) in [4.78, 5) is 24.0. The zero-order valence-corrected chi connectivity index (χ0v) is 12.5. The summed E-state index contributed by atoms with van der Waals surface area (Å²) in [6.45, 7) is 2.10. The third-order valence-corrected chi connectivity index (χ3v) is 4.44. The molecule has 0 aromatic carbocycles. The van der Waals surface area contributed by atoms with Crippen molar-refractivity contribution in [3.63, 3.8) is 0 Å². The van der Waals surface area contributed by atoms with Crippen LogP contribution in [-0.4, -0.2) is 23.0 Å². The van der Waals surface area contributed by atoms with Gasteiger partial charge >= 0.3 is 5.97 Å². The van der Waals surface area contributed by atoms with Gasteiger partial charge in [0, 0.05) is 0 Å². The zero-order valence-electron chi connectivity index (χ0n) is 12.5. The standard InChI is InChI=1S/C16H20N2O4/c1-2-3-8-4-5-12-9(6-8)13(19)10-7-11(16(20)21)14(17)18-15(10)22-12/h4-5,9,11,14,18H,2-3,6-7,17H2,1H3,(H,20,21)/t9-,11-,14+/m0/s1. The second-order valence-electron chi connectivity index (χ2n) is 5.99. The number of hydrogen-bond donors (Lipinski definition) is 3. The number of carboxylic acids is 1. The van der Waals surface area contributed by atoms with E-state index >= 15 is 0 Å². The number of Topliss-reactive ketones (excluding diaryl/α,β-unsaturated/α-hetero) is 1. The van der Waals surface area contributed by atoms with Gasteiger partial charge in [0.2, 0.25) is 5.88 Å². The number of hydrogen-bond acceptors (Lipinski definition) is 5. The molecule has 0 amide bonds. The van der Waals surface area contributed by atoms with Crippen molar-refractivity contribution in [2.45, 2.75) is 38.8 Å². The van der Waals surface area contributed by atoms with Crippen molar-refractivity contribution in [2.24, 2.45) is 17.6 Å². The second kappa shape index (κ2) is 5.61. The predicted octanol–water partition coefficient (Wildman–Crippen LogP) is 1.41. The Morgan fingerprint density at radius 1 is 1.45 bits per heavy atom. The van der Waals surface area contributed by atoms with Gasteiger partial charge in [-0.3, -0.25) is 9.59 Å². The first kappa shape index (κ1) is 14.8. The number of nitrogens with one attached hydrogen (secondary N) is 1. The molecule has 3 aliphatic rings. The van der Waals surface area contributed by atoms with Gasteiger partial charge < -0.3 is 20.9 Å². The largest absolute Gasteiger partial charge is 0.481 e. The third kappa shape index (κ3) is 2.43. The Morgan fingerprint density at radius 3 is 2.91 bits per heavy atom. The minimum atomic E-state index is -1.00. The molecule has 2 heterocycles. The van der Waals surface area contributed by atoms with E-state index in [0.717, 1.165) is 12.8 Å². The third-order valence-electron chi connectivity index (χ3n) is 4.44. The van der Waals surface area contributed by atoms with Crippen molar-refractivity contribution in [1.29, 1.82) is 0 Å². The lowest BCUT2D eigenvalue weighted by atomic mass is 9.80. The van der Waals surface area contributed by atoms with Crippen LogP contribution in [0.1, 0.15) is 32.6 Å². The molecule has 118 valence electrons. The molecule has 0 spiro atoms. The summed E-state index contributed by atoms with van der Waals surface area (Å²) in [5.74, 6) is -1.24. The Bertz CT molecular complexity index is 618. The fourth-order valence-corrected chi connectivity index (χ4v) is 3.23. The summed E-state index contributed by atoms with van der Waals surface area (Å²) in [6.07, 6.45) is 5.86. The average molecular weight is 304 g/mol. The van der Waals surface area contributed by atoms with Crippen LogP contribution in [0.3, 0.4) is 0 Å². The SMILES string of the molecule is CCCC1=CC=C2OC3=C(C[C@H](C(=O)O)[C@H](N)N3)C(=O)[C@H]2C1. The van der Waals surface area contributed by atoms with E-state index in [-0.39, 0.29) is 18.1 Å². The number of aliphatic carboxylic acids is 1. The maximum absolute atomic E-state index is 12.7. The number of ether oxygens (including phenoxy) is 1. The molecule has 0 bridgehead atoms. The van der Waals surface area contributed by atoms with E-state index in [1.165, 1.54) is 5.57 Å². The molecule has 1 aliphatic carbocycles. The van der Waals surface area contributed by atoms with Crippen molar-refractivity contribution in [1.82, 2.24) is 5.32 Å². The summed E-state index contributed by atoms with van der Waals surface area (Å²) in [6, 6.07) is 0. The highest BCUT2D eigenvalue weighted by molar-refractivity contribution is 6.01. The highest BCUT2D eigenvalue weighted by Crippen LogP contribution is 2.39. The van der Waals surface area contributed by atoms with Gasteiger partial charge in [0.15, 0.2) is 5.78 Å². The zero-order chi connectivity index (χ0) is 15.9. The Labute approximate surface area is 128 Å². The van der Waals surface area contributed by atoms with E-state index in [2.05, 4.69) is 12.2 Å². The van der Waals surface area contributed by atoms with Gasteiger partial charge in [-0.2, -0.15) is 0 Å². The minimum absolute atomic E-state index is 0.0418. The first-order valence-electron chi connectivity index (χ1n) is 7.61. The number of fused-ring (bicyclic) bond motifs is 1. The van der Waals surface area contributed by atoms with Gasteiger partial charge in [0.1, 0.15) is 5.76 Å². The van der Waals surface area contributed by atoms with Gasteiger partial charge in [-0.25, -0.2) is 0 Å². The Hall–Kier alpha value is -2.08. The lowest BCUT2D eigenvalue weighted by Crippen LogP contribution is -2.52. The van der Waals surface area contributed by atoms with Crippen LogP contribution in [-0.2, 0) is 14.3 Å². The molecular formula is C16H20N2O4. The van der Waals surface area contributed by atoms with Gasteiger partial charge in [0.05, 0.1) is 23.6 Å². The maximum Gasteiger partial charge on any atom is 0.310 e. The molecule has 2 aliphatic heterocycles. The van der Waals surface area contributed by atoms with Crippen LogP contribution in [0.4, 0.5) is 0 Å². The Morgan fingerprint density at radius 2 is 2.23 bits per heavy atom. The molecule has 0 saturated heterocycles. The predicted molar refractivity (Wildman–Crippen MR) is 79.2 cm³/mol. The molecule has 3 rings (SSSR count). The topological polar surface area (TPSA) is 102 Å². The summed E-state index contributed by atoms with van der Waals surface area (Å²) >= 11 is 0. The minimum Gasteiger partial charge on any atom is -0.481 e. The van der Waals surface area contributed by atoms with Crippen molar-refractivity contribution >= 4 is 11.8 Å². The lowest BCUT2D eigenvalue weighted by Gasteiger charge is -2.37. The second-order valence-corrected chi connectivity index (χ2v) is 5.99. The molecule has 0 radical (unpaired) electrons. The van der Waals surface area contributed by atoms with Crippen LogP contribution < -0.4 is 11.1 Å². The van der Waals surface area contributed by atoms with E-state index in [9.17, 15) is 14.7 Å². The molecule has 0 saturated carbocycles. The molecule has 0 aromatic heterocycles. The van der Waals surface area contributed by atoms with Crippen molar-refractivity contribution in [3.05, 3.63) is 34.9 Å². The molecule has 3 atom stereocenters. The molecule has 0 fully saturated rings. The van der Waals surface area contributed by atoms with E-state index in [4.69, 9.17) is 10.5 Å². The van der Waals surface area contributed by atoms with Crippen molar-refractivity contribution < 1.29 is 19.4 Å². The van der Waals surface area contributed by atoms with Crippen LogP contribution in [0.25, 0.3) is 0 Å². The molecule has 6 heteroatoms. The number of allylic oxidation sites excluding steroid dienone is 5. The first-order valence-corrected chi connectivity index (χ1v) is 7.61. The van der Waals surface area contributed by atoms with Crippen molar-refractivity contribution in [2.75, 3.05) is 0 Å². The smallest absolute Gasteiger partial charge is 0.310 e. The first-order chi connectivity index (χ1) is 10.5. The molecule has 0 aromatic rings. The van der Waals surface area contributed by atoms with Crippen LogP contribution in [0.5, 0.6) is 0 Å². The van der Waals surface area contributed by atoms with E-state index in [1.54, 1.807) is 0 Å². The summed E-state index contributed by atoms with van der Waals surface area (Å²) in [5.41, 5.74) is 7.47. The Balaban J connectivity index is 1.88. The normalized spacial score (nSPS) is 30.5. The number of carbonyl (C=O) groups excluding carboxylic acids is 1. The Kier molecular flexibility index (Phi) is 3.78. The fourth-order valence-electron chi connectivity index (χ4n) is 3.23. The molecule has 0 unspecified atom stereocenters. The molecule has 6 nitrogen and oxygen atoms in total. The quantitative estimate of drug-likeness (QED) is 0.728. The summed E-state index contributed by atoms with van der Waals surface area (Å²) in [5, 5.41) is 12.0. The van der Waals surface area contributed by atoms with Gasteiger partial charge in [-0.1, -0.05) is 25.0 Å².